The molecule has 2 aliphatic rings. The molecule has 2 aromatic heterocycles. The van der Waals surface area contributed by atoms with E-state index in [0.717, 1.165) is 31.2 Å². The fraction of sp³-hybridized carbons (Fsp3) is 0.483. The SMILES string of the molecule is CC1CCN(S(=O)(=O)c2ccc3nc(-c4cccnc4)cc(C(=O)N[C@@H]4CCC[C@H](C)[C@H]4C)c3c2)CC1. The Kier molecular flexibility index (Phi) is 7.32. The normalized spacial score (nSPS) is 23.7. The largest absolute Gasteiger partial charge is 0.349 e. The zero-order valence-electron chi connectivity index (χ0n) is 21.9. The second-order valence-electron chi connectivity index (χ2n) is 10.9. The number of carbonyl (C=O) groups excluding carboxylic acids is 1. The van der Waals surface area contributed by atoms with Crippen LogP contribution in [0.15, 0.2) is 53.7 Å². The summed E-state index contributed by atoms with van der Waals surface area (Å²) in [5.41, 5.74) is 2.47. The number of aromatic nitrogens is 2. The molecule has 1 N–H and O–H groups in total. The average molecular weight is 521 g/mol. The van der Waals surface area contributed by atoms with Crippen molar-refractivity contribution >= 4 is 26.8 Å². The number of amides is 1. The van der Waals surface area contributed by atoms with E-state index >= 15 is 0 Å². The van der Waals surface area contributed by atoms with Gasteiger partial charge in [-0.3, -0.25) is 9.78 Å². The van der Waals surface area contributed by atoms with E-state index in [1.807, 2.05) is 12.1 Å². The van der Waals surface area contributed by atoms with E-state index in [-0.39, 0.29) is 16.8 Å². The lowest BCUT2D eigenvalue weighted by atomic mass is 9.78. The molecular weight excluding hydrogens is 484 g/mol. The van der Waals surface area contributed by atoms with Crippen molar-refractivity contribution in [3.05, 3.63) is 54.4 Å². The molecule has 1 saturated carbocycles. The second kappa shape index (κ2) is 10.5. The van der Waals surface area contributed by atoms with E-state index in [1.165, 1.54) is 6.42 Å². The lowest BCUT2D eigenvalue weighted by molar-refractivity contribution is 0.0892. The lowest BCUT2D eigenvalue weighted by Crippen LogP contribution is -2.43. The van der Waals surface area contributed by atoms with Crippen LogP contribution in [0.2, 0.25) is 0 Å². The predicted octanol–water partition coefficient (Wildman–Crippen LogP) is 5.27. The molecular formula is C29H36N4O3S. The number of fused-ring (bicyclic) bond motifs is 1. The van der Waals surface area contributed by atoms with E-state index in [1.54, 1.807) is 41.0 Å². The van der Waals surface area contributed by atoms with Crippen LogP contribution in [0.4, 0.5) is 0 Å². The number of rotatable bonds is 5. The summed E-state index contributed by atoms with van der Waals surface area (Å²) < 4.78 is 28.6. The van der Waals surface area contributed by atoms with Crippen LogP contribution < -0.4 is 5.32 Å². The number of pyridine rings is 2. The first-order valence-electron chi connectivity index (χ1n) is 13.4. The molecule has 3 atom stereocenters. The summed E-state index contributed by atoms with van der Waals surface area (Å²) in [6.45, 7) is 7.63. The van der Waals surface area contributed by atoms with E-state index in [0.29, 0.717) is 53.0 Å². The number of carbonyl (C=O) groups is 1. The maximum Gasteiger partial charge on any atom is 0.252 e. The Balaban J connectivity index is 1.57. The molecule has 1 aromatic carbocycles. The smallest absolute Gasteiger partial charge is 0.252 e. The van der Waals surface area contributed by atoms with Gasteiger partial charge in [-0.25, -0.2) is 13.4 Å². The maximum absolute atomic E-state index is 13.7. The molecule has 3 aromatic rings. The summed E-state index contributed by atoms with van der Waals surface area (Å²) in [4.78, 5) is 22.9. The van der Waals surface area contributed by atoms with Gasteiger partial charge in [0.15, 0.2) is 0 Å². The third-order valence-electron chi connectivity index (χ3n) is 8.39. The van der Waals surface area contributed by atoms with Gasteiger partial charge in [-0.2, -0.15) is 4.31 Å². The van der Waals surface area contributed by atoms with Gasteiger partial charge in [0, 0.05) is 42.5 Å². The Hall–Kier alpha value is -2.84. The molecule has 8 heteroatoms. The van der Waals surface area contributed by atoms with Crippen LogP contribution in [0.5, 0.6) is 0 Å². The topological polar surface area (TPSA) is 92.3 Å². The summed E-state index contributed by atoms with van der Waals surface area (Å²) >= 11 is 0. The Morgan fingerprint density at radius 1 is 1.03 bits per heavy atom. The average Bonchev–Trinajstić information content (AvgIpc) is 2.91. The predicted molar refractivity (Wildman–Crippen MR) is 146 cm³/mol. The van der Waals surface area contributed by atoms with Crippen LogP contribution in [0, 0.1) is 17.8 Å². The van der Waals surface area contributed by atoms with Crippen molar-refractivity contribution in [2.75, 3.05) is 13.1 Å². The zero-order chi connectivity index (χ0) is 26.2. The number of nitrogens with zero attached hydrogens (tertiary/aromatic N) is 3. The third-order valence-corrected chi connectivity index (χ3v) is 10.3. The van der Waals surface area contributed by atoms with Crippen molar-refractivity contribution in [1.29, 1.82) is 0 Å². The van der Waals surface area contributed by atoms with Crippen LogP contribution in [0.1, 0.15) is 63.2 Å². The fourth-order valence-corrected chi connectivity index (χ4v) is 7.12. The molecule has 37 heavy (non-hydrogen) atoms. The molecule has 1 saturated heterocycles. The first-order valence-corrected chi connectivity index (χ1v) is 14.8. The molecule has 7 nitrogen and oxygen atoms in total. The molecule has 196 valence electrons. The summed E-state index contributed by atoms with van der Waals surface area (Å²) in [6.07, 6.45) is 8.34. The first-order chi connectivity index (χ1) is 17.7. The van der Waals surface area contributed by atoms with Crippen molar-refractivity contribution in [2.24, 2.45) is 17.8 Å². The van der Waals surface area contributed by atoms with Gasteiger partial charge in [0.05, 0.1) is 21.7 Å². The molecule has 2 fully saturated rings. The highest BCUT2D eigenvalue weighted by atomic mass is 32.2. The molecule has 5 rings (SSSR count). The van der Waals surface area contributed by atoms with Gasteiger partial charge < -0.3 is 5.32 Å². The highest BCUT2D eigenvalue weighted by Crippen LogP contribution is 2.32. The second-order valence-corrected chi connectivity index (χ2v) is 12.8. The number of nitrogens with one attached hydrogen (secondary N) is 1. The molecule has 0 radical (unpaired) electrons. The number of benzene rings is 1. The minimum absolute atomic E-state index is 0.0866. The van der Waals surface area contributed by atoms with Crippen molar-refractivity contribution < 1.29 is 13.2 Å². The zero-order valence-corrected chi connectivity index (χ0v) is 22.7. The number of hydrogen-bond acceptors (Lipinski definition) is 5. The third kappa shape index (κ3) is 5.27. The van der Waals surface area contributed by atoms with Crippen molar-refractivity contribution in [3.8, 4) is 11.3 Å². The fourth-order valence-electron chi connectivity index (χ4n) is 5.62. The number of sulfonamides is 1. The highest BCUT2D eigenvalue weighted by molar-refractivity contribution is 7.89. The van der Waals surface area contributed by atoms with Gasteiger partial charge >= 0.3 is 0 Å². The summed E-state index contributed by atoms with van der Waals surface area (Å²) in [5.74, 6) is 1.26. The van der Waals surface area contributed by atoms with Crippen molar-refractivity contribution in [2.45, 2.75) is 63.8 Å². The molecule has 1 amide bonds. The van der Waals surface area contributed by atoms with Crippen LogP contribution >= 0.6 is 0 Å². The minimum atomic E-state index is -3.66. The van der Waals surface area contributed by atoms with Crippen LogP contribution in [-0.2, 0) is 10.0 Å². The standard InChI is InChI=1S/C29H36N4O3S/c1-19-11-14-33(15-12-19)37(35,36)23-9-10-27-24(16-23)25(17-28(31-27)22-7-5-13-30-18-22)29(34)32-26-8-4-6-20(2)21(26)3/h5,7,9-10,13,16-21,26H,4,6,8,11-12,14-15H2,1-3H3,(H,32,34)/t20-,21+,26+/m0/s1. The number of piperidine rings is 1. The first kappa shape index (κ1) is 25.8. The van der Waals surface area contributed by atoms with E-state index in [4.69, 9.17) is 4.98 Å². The van der Waals surface area contributed by atoms with Gasteiger partial charge in [0.1, 0.15) is 0 Å². The maximum atomic E-state index is 13.7. The highest BCUT2D eigenvalue weighted by Gasteiger charge is 2.31. The lowest BCUT2D eigenvalue weighted by Gasteiger charge is -2.34. The van der Waals surface area contributed by atoms with Gasteiger partial charge in [-0.05, 0) is 73.4 Å². The van der Waals surface area contributed by atoms with Crippen LogP contribution in [0.3, 0.4) is 0 Å². The molecule has 1 aliphatic heterocycles. The summed E-state index contributed by atoms with van der Waals surface area (Å²) in [6, 6.07) is 10.6. The van der Waals surface area contributed by atoms with Gasteiger partial charge in [-0.1, -0.05) is 33.6 Å². The Labute approximate surface area is 219 Å². The monoisotopic (exact) mass is 520 g/mol. The van der Waals surface area contributed by atoms with Gasteiger partial charge in [0.25, 0.3) is 5.91 Å². The quantitative estimate of drug-likeness (QED) is 0.495. The summed E-state index contributed by atoms with van der Waals surface area (Å²) in [5, 5.41) is 3.82. The minimum Gasteiger partial charge on any atom is -0.349 e. The Bertz CT molecular complexity index is 1390. The van der Waals surface area contributed by atoms with E-state index in [9.17, 15) is 13.2 Å². The van der Waals surface area contributed by atoms with Gasteiger partial charge in [-0.15, -0.1) is 0 Å². The van der Waals surface area contributed by atoms with E-state index < -0.39 is 10.0 Å². The summed E-state index contributed by atoms with van der Waals surface area (Å²) in [7, 11) is -3.66. The molecule has 0 spiro atoms. The Morgan fingerprint density at radius 3 is 2.54 bits per heavy atom. The van der Waals surface area contributed by atoms with E-state index in [2.05, 4.69) is 31.1 Å². The Morgan fingerprint density at radius 2 is 1.81 bits per heavy atom. The number of hydrogen-bond donors (Lipinski definition) is 1. The molecule has 1 aliphatic carbocycles. The molecule has 3 heterocycles. The van der Waals surface area contributed by atoms with Gasteiger partial charge in [0.2, 0.25) is 10.0 Å². The van der Waals surface area contributed by atoms with Crippen molar-refractivity contribution in [3.63, 3.8) is 0 Å². The van der Waals surface area contributed by atoms with Crippen molar-refractivity contribution in [1.82, 2.24) is 19.6 Å². The molecule has 0 bridgehead atoms. The molecule has 0 unspecified atom stereocenters. The van der Waals surface area contributed by atoms with Crippen LogP contribution in [-0.4, -0.2) is 47.7 Å². The van der Waals surface area contributed by atoms with Crippen LogP contribution in [0.25, 0.3) is 22.2 Å².